The zero-order valence-corrected chi connectivity index (χ0v) is 29.8. The van der Waals surface area contributed by atoms with Gasteiger partial charge in [-0.25, -0.2) is 0 Å². The van der Waals surface area contributed by atoms with Crippen LogP contribution in [0.2, 0.25) is 36.3 Å². The molecule has 0 saturated heterocycles. The van der Waals surface area contributed by atoms with Crippen LogP contribution in [-0.4, -0.2) is 29.8 Å². The Hall–Kier alpha value is -0.126. The van der Waals surface area contributed by atoms with Crippen LogP contribution in [0.15, 0.2) is 17.9 Å². The molecule has 0 amide bonds. The van der Waals surface area contributed by atoms with E-state index in [9.17, 15) is 0 Å². The van der Waals surface area contributed by atoms with E-state index >= 15 is 0 Å². The second-order valence-corrected chi connectivity index (χ2v) is 26.9. The van der Waals surface area contributed by atoms with Gasteiger partial charge in [-0.1, -0.05) is 75.3 Å². The molecule has 0 aromatic carbocycles. The molecule has 0 aromatic rings. The van der Waals surface area contributed by atoms with Crippen LogP contribution in [-0.2, 0) is 8.85 Å². The molecule has 2 nitrogen and oxygen atoms in total. The molecule has 0 aliphatic heterocycles. The fourth-order valence-corrected chi connectivity index (χ4v) is 9.96. The maximum Gasteiger partial charge on any atom is 0.191 e. The minimum atomic E-state index is -1.83. The Kier molecular flexibility index (Phi) is 9.32. The Morgan fingerprint density at radius 3 is 1.92 bits per heavy atom. The molecule has 3 rings (SSSR count). The summed E-state index contributed by atoms with van der Waals surface area (Å²) in [5, 5.41) is 0.499. The summed E-state index contributed by atoms with van der Waals surface area (Å²) in [5.74, 6) is 3.44. The van der Waals surface area contributed by atoms with Crippen molar-refractivity contribution in [1.82, 2.24) is 0 Å². The Balaban J connectivity index is 1.96. The summed E-state index contributed by atoms with van der Waals surface area (Å²) in [7, 11) is -3.61. The van der Waals surface area contributed by atoms with Gasteiger partial charge in [0.1, 0.15) is 0 Å². The van der Waals surface area contributed by atoms with Gasteiger partial charge in [0, 0.05) is 13.2 Å². The van der Waals surface area contributed by atoms with Crippen LogP contribution in [0.3, 0.4) is 0 Å². The van der Waals surface area contributed by atoms with Crippen LogP contribution >= 0.6 is 0 Å². The van der Waals surface area contributed by atoms with Crippen molar-refractivity contribution in [3.63, 3.8) is 0 Å². The van der Waals surface area contributed by atoms with Crippen LogP contribution in [0.4, 0.5) is 0 Å². The van der Waals surface area contributed by atoms with E-state index in [2.05, 4.69) is 101 Å². The Morgan fingerprint density at radius 1 is 0.842 bits per heavy atom. The number of hydrogen-bond donors (Lipinski definition) is 0. The summed E-state index contributed by atoms with van der Waals surface area (Å²) in [6, 6.07) is 0. The maximum absolute atomic E-state index is 7.11. The Bertz CT molecular complexity index is 887. The highest BCUT2D eigenvalue weighted by molar-refractivity contribution is 6.74. The summed E-state index contributed by atoms with van der Waals surface area (Å²) in [6.45, 7) is 37.7. The number of hydrogen-bond acceptors (Lipinski definition) is 2. The van der Waals surface area contributed by atoms with Gasteiger partial charge in [-0.2, -0.15) is 0 Å². The first-order valence-corrected chi connectivity index (χ1v) is 21.7. The predicted molar refractivity (Wildman–Crippen MR) is 171 cm³/mol. The third kappa shape index (κ3) is 6.06. The Morgan fingerprint density at radius 2 is 1.39 bits per heavy atom. The lowest BCUT2D eigenvalue weighted by molar-refractivity contribution is -0.0899. The largest absolute Gasteiger partial charge is 0.417 e. The average Bonchev–Trinajstić information content (AvgIpc) is 3.13. The van der Waals surface area contributed by atoms with Crippen molar-refractivity contribution in [3.05, 3.63) is 17.9 Å². The van der Waals surface area contributed by atoms with E-state index in [-0.39, 0.29) is 15.5 Å². The van der Waals surface area contributed by atoms with Gasteiger partial charge in [-0.05, 0) is 121 Å². The zero-order valence-electron chi connectivity index (χ0n) is 27.8. The van der Waals surface area contributed by atoms with Crippen molar-refractivity contribution in [3.8, 4) is 0 Å². The number of rotatable bonds is 7. The van der Waals surface area contributed by atoms with Crippen molar-refractivity contribution in [2.75, 3.05) is 13.2 Å². The lowest BCUT2D eigenvalue weighted by atomic mass is 9.49. The SMILES string of the molecule is C=C=C1CCC2[C@H](CO[Si](C)(C)C(C)(C)C)C([C@@]3(C)CC[C@H](C)C[C@@H]3CO[Si](C)(C)C(C)(C)C)CC[C@]12C. The topological polar surface area (TPSA) is 18.5 Å². The van der Waals surface area contributed by atoms with E-state index in [0.717, 1.165) is 19.1 Å². The van der Waals surface area contributed by atoms with Gasteiger partial charge in [-0.15, -0.1) is 5.73 Å². The normalized spacial score (nSPS) is 37.2. The quantitative estimate of drug-likeness (QED) is 0.228. The fourth-order valence-electron chi connectivity index (χ4n) is 7.87. The molecule has 0 N–H and O–H groups in total. The summed E-state index contributed by atoms with van der Waals surface area (Å²) >= 11 is 0. The molecule has 0 radical (unpaired) electrons. The minimum absolute atomic E-state index is 0.242. The molecule has 220 valence electrons. The predicted octanol–water partition coefficient (Wildman–Crippen LogP) is 10.6. The zero-order chi connectivity index (χ0) is 28.9. The Labute approximate surface area is 240 Å². The molecule has 3 aliphatic carbocycles. The van der Waals surface area contributed by atoms with Gasteiger partial charge >= 0.3 is 0 Å². The lowest BCUT2D eigenvalue weighted by Crippen LogP contribution is -2.54. The number of allylic oxidation sites excluding steroid dienone is 1. The molecular formula is C34H64O2Si2. The van der Waals surface area contributed by atoms with E-state index in [0.29, 0.717) is 29.1 Å². The van der Waals surface area contributed by atoms with Gasteiger partial charge in [0.05, 0.1) is 0 Å². The van der Waals surface area contributed by atoms with Crippen molar-refractivity contribution < 1.29 is 8.85 Å². The van der Waals surface area contributed by atoms with E-state index < -0.39 is 16.6 Å². The van der Waals surface area contributed by atoms with Gasteiger partial charge in [0.25, 0.3) is 0 Å². The summed E-state index contributed by atoms with van der Waals surface area (Å²) in [6.07, 6.45) is 9.08. The average molecular weight is 561 g/mol. The first kappa shape index (κ1) is 32.4. The van der Waals surface area contributed by atoms with Crippen LogP contribution in [0.1, 0.15) is 107 Å². The molecular weight excluding hydrogens is 497 g/mol. The van der Waals surface area contributed by atoms with Crippen LogP contribution in [0.5, 0.6) is 0 Å². The molecule has 38 heavy (non-hydrogen) atoms. The van der Waals surface area contributed by atoms with E-state index in [1.165, 1.54) is 50.5 Å². The van der Waals surface area contributed by atoms with Crippen LogP contribution in [0.25, 0.3) is 0 Å². The maximum atomic E-state index is 7.11. The molecule has 7 atom stereocenters. The molecule has 4 heteroatoms. The van der Waals surface area contributed by atoms with Gasteiger partial charge in [0.15, 0.2) is 16.6 Å². The molecule has 2 unspecified atom stereocenters. The second kappa shape index (κ2) is 10.9. The molecule has 0 heterocycles. The molecule has 0 aromatic heterocycles. The van der Waals surface area contributed by atoms with Crippen LogP contribution < -0.4 is 0 Å². The minimum Gasteiger partial charge on any atom is -0.417 e. The van der Waals surface area contributed by atoms with Gasteiger partial charge in [0.2, 0.25) is 0 Å². The molecule has 3 aliphatic rings. The molecule has 3 fully saturated rings. The molecule has 0 bridgehead atoms. The molecule has 0 spiro atoms. The van der Waals surface area contributed by atoms with Crippen molar-refractivity contribution in [2.24, 2.45) is 40.4 Å². The number of fused-ring (bicyclic) bond motifs is 1. The smallest absolute Gasteiger partial charge is 0.191 e. The first-order chi connectivity index (χ1) is 17.2. The molecule has 3 saturated carbocycles. The van der Waals surface area contributed by atoms with Crippen molar-refractivity contribution in [2.45, 2.75) is 144 Å². The summed E-state index contributed by atoms with van der Waals surface area (Å²) < 4.78 is 14.1. The van der Waals surface area contributed by atoms with Gasteiger partial charge in [-0.3, -0.25) is 0 Å². The highest BCUT2D eigenvalue weighted by Crippen LogP contribution is 2.64. The first-order valence-electron chi connectivity index (χ1n) is 15.9. The van der Waals surface area contributed by atoms with Gasteiger partial charge < -0.3 is 8.85 Å². The van der Waals surface area contributed by atoms with E-state index in [1.807, 2.05) is 0 Å². The van der Waals surface area contributed by atoms with Crippen LogP contribution in [0, 0.1) is 40.4 Å². The fraction of sp³-hybridized carbons (Fsp3) is 0.912. The third-order valence-corrected chi connectivity index (χ3v) is 22.0. The summed E-state index contributed by atoms with van der Waals surface area (Å²) in [5.41, 5.74) is 5.48. The summed E-state index contributed by atoms with van der Waals surface area (Å²) in [4.78, 5) is 0. The monoisotopic (exact) mass is 560 g/mol. The lowest BCUT2D eigenvalue weighted by Gasteiger charge is -2.57. The van der Waals surface area contributed by atoms with E-state index in [1.54, 1.807) is 0 Å². The standard InChI is InChI=1S/C34H64O2Si2/c1-15-26-16-17-29-28(24-36-38(13,14)32(6,7)8)30(19-21-33(26,29)9)34(10)20-18-25(2)22-27(34)23-35-37(11,12)31(3,4)5/h25,27-30H,1,16-24H2,2-14H3/t25-,27+,28-,29?,30?,33+,34-/m0/s1. The highest BCUT2D eigenvalue weighted by Gasteiger charge is 2.57. The highest BCUT2D eigenvalue weighted by atomic mass is 28.4. The van der Waals surface area contributed by atoms with E-state index in [4.69, 9.17) is 8.85 Å². The third-order valence-electron chi connectivity index (χ3n) is 13.0. The second-order valence-electron chi connectivity index (χ2n) is 17.3. The van der Waals surface area contributed by atoms with Crippen molar-refractivity contribution >= 4 is 16.6 Å². The van der Waals surface area contributed by atoms with Crippen molar-refractivity contribution in [1.29, 1.82) is 0 Å².